The van der Waals surface area contributed by atoms with E-state index in [1.54, 1.807) is 0 Å². The van der Waals surface area contributed by atoms with E-state index in [2.05, 4.69) is 36.2 Å². The van der Waals surface area contributed by atoms with Crippen molar-refractivity contribution in [1.29, 1.82) is 0 Å². The van der Waals surface area contributed by atoms with Crippen LogP contribution in [0.15, 0.2) is 0 Å². The van der Waals surface area contributed by atoms with E-state index in [1.165, 1.54) is 0 Å². The summed E-state index contributed by atoms with van der Waals surface area (Å²) in [5.74, 6) is 1.78. The van der Waals surface area contributed by atoms with Crippen LogP contribution in [-0.2, 0) is 0 Å². The van der Waals surface area contributed by atoms with Crippen LogP contribution >= 0.6 is 0 Å². The molecule has 2 rings (SSSR count). The Bertz CT molecular complexity index is 334. The molecule has 1 atom stereocenters. The van der Waals surface area contributed by atoms with Crippen LogP contribution in [0.2, 0.25) is 0 Å². The van der Waals surface area contributed by atoms with E-state index >= 15 is 0 Å². The first-order valence-corrected chi connectivity index (χ1v) is 5.15. The van der Waals surface area contributed by atoms with E-state index in [0.29, 0.717) is 6.04 Å². The van der Waals surface area contributed by atoms with Crippen molar-refractivity contribution in [2.24, 2.45) is 5.41 Å². The molecule has 0 radical (unpaired) electrons. The Kier molecular flexibility index (Phi) is 2.01. The molecule has 0 spiro atoms. The Morgan fingerprint density at radius 2 is 2.14 bits per heavy atom. The molecule has 4 heteroatoms. The summed E-state index contributed by atoms with van der Waals surface area (Å²) >= 11 is 0. The van der Waals surface area contributed by atoms with Gasteiger partial charge < -0.3 is 5.32 Å². The molecule has 0 aliphatic carbocycles. The van der Waals surface area contributed by atoms with Crippen LogP contribution in [0.1, 0.15) is 39.1 Å². The van der Waals surface area contributed by atoms with Gasteiger partial charge in [0.2, 0.25) is 5.95 Å². The fourth-order valence-electron chi connectivity index (χ4n) is 2.01. The van der Waals surface area contributed by atoms with Crippen LogP contribution in [0.4, 0.5) is 5.95 Å². The maximum atomic E-state index is 4.44. The monoisotopic (exact) mass is 194 g/mol. The Hall–Kier alpha value is -1.06. The van der Waals surface area contributed by atoms with Crippen LogP contribution < -0.4 is 5.32 Å². The highest BCUT2D eigenvalue weighted by Gasteiger charge is 2.31. The smallest absolute Gasteiger partial charge is 0.221 e. The second-order valence-corrected chi connectivity index (χ2v) is 5.02. The lowest BCUT2D eigenvalue weighted by Gasteiger charge is -2.34. The molecule has 4 nitrogen and oxygen atoms in total. The maximum Gasteiger partial charge on any atom is 0.221 e. The highest BCUT2D eigenvalue weighted by molar-refractivity contribution is 5.28. The molecular weight excluding hydrogens is 176 g/mol. The van der Waals surface area contributed by atoms with Crippen LogP contribution in [0.5, 0.6) is 0 Å². The molecule has 1 unspecified atom stereocenters. The molecule has 1 aliphatic heterocycles. The van der Waals surface area contributed by atoms with Gasteiger partial charge in [-0.25, -0.2) is 4.68 Å². The number of aryl methyl sites for hydroxylation is 1. The molecule has 1 aliphatic rings. The number of rotatable bonds is 0. The van der Waals surface area contributed by atoms with Gasteiger partial charge in [-0.2, -0.15) is 10.1 Å². The van der Waals surface area contributed by atoms with Gasteiger partial charge in [-0.05, 0) is 18.8 Å². The van der Waals surface area contributed by atoms with Crippen molar-refractivity contribution in [3.05, 3.63) is 5.82 Å². The molecule has 0 fully saturated rings. The summed E-state index contributed by atoms with van der Waals surface area (Å²) in [6.07, 6.45) is 1.12. The fourth-order valence-corrected chi connectivity index (χ4v) is 2.01. The maximum absolute atomic E-state index is 4.44. The van der Waals surface area contributed by atoms with Crippen molar-refractivity contribution in [2.45, 2.75) is 40.2 Å². The second kappa shape index (κ2) is 2.97. The van der Waals surface area contributed by atoms with Gasteiger partial charge in [0.1, 0.15) is 5.82 Å². The number of hydrogen-bond donors (Lipinski definition) is 1. The topological polar surface area (TPSA) is 42.7 Å². The average Bonchev–Trinajstić information content (AvgIpc) is 2.41. The van der Waals surface area contributed by atoms with Gasteiger partial charge in [0.05, 0.1) is 6.04 Å². The minimum absolute atomic E-state index is 0.247. The van der Waals surface area contributed by atoms with Gasteiger partial charge >= 0.3 is 0 Å². The zero-order valence-corrected chi connectivity index (χ0v) is 9.33. The van der Waals surface area contributed by atoms with E-state index in [9.17, 15) is 0 Å². The van der Waals surface area contributed by atoms with E-state index in [1.807, 2.05) is 11.6 Å². The molecule has 1 aromatic rings. The van der Waals surface area contributed by atoms with E-state index in [0.717, 1.165) is 24.7 Å². The number of nitrogens with one attached hydrogen (secondary N) is 1. The molecule has 78 valence electrons. The van der Waals surface area contributed by atoms with Crippen molar-refractivity contribution < 1.29 is 0 Å². The first-order chi connectivity index (χ1) is 6.48. The number of nitrogens with zero attached hydrogens (tertiary/aromatic N) is 3. The Balaban J connectivity index is 2.40. The third-order valence-electron chi connectivity index (χ3n) is 2.73. The average molecular weight is 194 g/mol. The van der Waals surface area contributed by atoms with E-state index < -0.39 is 0 Å². The summed E-state index contributed by atoms with van der Waals surface area (Å²) in [7, 11) is 0. The normalized spacial score (nSPS) is 21.6. The summed E-state index contributed by atoms with van der Waals surface area (Å²) in [6, 6.07) is 0.458. The number of fused-ring (bicyclic) bond motifs is 1. The van der Waals surface area contributed by atoms with Crippen LogP contribution in [-0.4, -0.2) is 21.3 Å². The molecule has 0 aromatic carbocycles. The molecular formula is C10H18N4. The summed E-state index contributed by atoms with van der Waals surface area (Å²) < 4.78 is 2.04. The minimum Gasteiger partial charge on any atom is -0.354 e. The Labute approximate surface area is 84.7 Å². The highest BCUT2D eigenvalue weighted by Crippen LogP contribution is 2.36. The summed E-state index contributed by atoms with van der Waals surface area (Å²) in [4.78, 5) is 4.36. The van der Waals surface area contributed by atoms with Gasteiger partial charge in [-0.1, -0.05) is 20.8 Å². The van der Waals surface area contributed by atoms with E-state index in [-0.39, 0.29) is 5.41 Å². The summed E-state index contributed by atoms with van der Waals surface area (Å²) in [5.41, 5.74) is 0.247. The summed E-state index contributed by atoms with van der Waals surface area (Å²) in [6.45, 7) is 9.70. The Morgan fingerprint density at radius 3 is 2.79 bits per heavy atom. The molecule has 0 bridgehead atoms. The van der Waals surface area contributed by atoms with E-state index in [4.69, 9.17) is 0 Å². The predicted octanol–water partition coefficient (Wildman–Crippen LogP) is 1.99. The van der Waals surface area contributed by atoms with Gasteiger partial charge in [-0.3, -0.25) is 0 Å². The zero-order chi connectivity index (χ0) is 10.3. The van der Waals surface area contributed by atoms with Gasteiger partial charge in [0, 0.05) is 6.54 Å². The lowest BCUT2D eigenvalue weighted by molar-refractivity contribution is 0.209. The third-order valence-corrected chi connectivity index (χ3v) is 2.73. The Morgan fingerprint density at radius 1 is 1.43 bits per heavy atom. The molecule has 0 saturated heterocycles. The first kappa shape index (κ1) is 9.49. The molecule has 0 saturated carbocycles. The van der Waals surface area contributed by atoms with Crippen molar-refractivity contribution >= 4 is 5.95 Å². The number of hydrogen-bond acceptors (Lipinski definition) is 3. The van der Waals surface area contributed by atoms with Crippen molar-refractivity contribution in [3.63, 3.8) is 0 Å². The molecule has 14 heavy (non-hydrogen) atoms. The number of anilines is 1. The molecule has 0 amide bonds. The minimum atomic E-state index is 0.247. The SMILES string of the molecule is Cc1nc2n(n1)C(C(C)(C)C)CCN2. The van der Waals surface area contributed by atoms with Crippen LogP contribution in [0.3, 0.4) is 0 Å². The van der Waals surface area contributed by atoms with Crippen molar-refractivity contribution in [3.8, 4) is 0 Å². The largest absolute Gasteiger partial charge is 0.354 e. The number of aromatic nitrogens is 3. The van der Waals surface area contributed by atoms with Gasteiger partial charge in [0.25, 0.3) is 0 Å². The van der Waals surface area contributed by atoms with Crippen molar-refractivity contribution in [2.75, 3.05) is 11.9 Å². The highest BCUT2D eigenvalue weighted by atomic mass is 15.4. The lowest BCUT2D eigenvalue weighted by Crippen LogP contribution is -2.32. The van der Waals surface area contributed by atoms with Gasteiger partial charge in [-0.15, -0.1) is 0 Å². The predicted molar refractivity (Wildman–Crippen MR) is 56.4 cm³/mol. The first-order valence-electron chi connectivity index (χ1n) is 5.15. The quantitative estimate of drug-likeness (QED) is 0.686. The third kappa shape index (κ3) is 1.49. The zero-order valence-electron chi connectivity index (χ0n) is 9.33. The standard InChI is InChI=1S/C10H18N4/c1-7-12-9-11-6-5-8(10(2,3)4)14(9)13-7/h8H,5-6H2,1-4H3,(H,11,12,13). The van der Waals surface area contributed by atoms with Crippen molar-refractivity contribution in [1.82, 2.24) is 14.8 Å². The molecule has 2 heterocycles. The molecule has 1 aromatic heterocycles. The lowest BCUT2D eigenvalue weighted by atomic mass is 9.84. The fraction of sp³-hybridized carbons (Fsp3) is 0.800. The summed E-state index contributed by atoms with van der Waals surface area (Å²) in [5, 5.41) is 7.72. The second-order valence-electron chi connectivity index (χ2n) is 5.02. The molecule has 1 N–H and O–H groups in total. The van der Waals surface area contributed by atoms with Crippen LogP contribution in [0, 0.1) is 12.3 Å². The van der Waals surface area contributed by atoms with Crippen LogP contribution in [0.25, 0.3) is 0 Å². The van der Waals surface area contributed by atoms with Gasteiger partial charge in [0.15, 0.2) is 0 Å².